The van der Waals surface area contributed by atoms with Gasteiger partial charge in [-0.15, -0.1) is 0 Å². The average Bonchev–Trinajstić information content (AvgIpc) is 3.53. The molecule has 0 fully saturated rings. The van der Waals surface area contributed by atoms with Crippen LogP contribution in [0.15, 0.2) is 61.1 Å². The van der Waals surface area contributed by atoms with Crippen LogP contribution in [0.1, 0.15) is 18.4 Å². The van der Waals surface area contributed by atoms with Gasteiger partial charge in [0.25, 0.3) is 0 Å². The number of rotatable bonds is 10. The Balaban J connectivity index is 1.42. The molecule has 0 spiro atoms. The molecule has 0 aliphatic carbocycles. The molecule has 9 heteroatoms. The molecule has 0 radical (unpaired) electrons. The van der Waals surface area contributed by atoms with Gasteiger partial charge in [-0.25, -0.2) is 4.98 Å². The third-order valence-electron chi connectivity index (χ3n) is 5.09. The highest BCUT2D eigenvalue weighted by atomic mass is 32.1. The summed E-state index contributed by atoms with van der Waals surface area (Å²) >= 11 is 1.39. The summed E-state index contributed by atoms with van der Waals surface area (Å²) in [6, 6.07) is 10.7. The van der Waals surface area contributed by atoms with Gasteiger partial charge >= 0.3 is 0 Å². The highest BCUT2D eigenvalue weighted by Crippen LogP contribution is 2.26. The molecule has 2 aromatic heterocycles. The molecular weight excluding hydrogens is 400 g/mol. The van der Waals surface area contributed by atoms with Gasteiger partial charge < -0.3 is 19.3 Å². The number of ether oxygens (including phenoxy) is 2. The van der Waals surface area contributed by atoms with E-state index in [4.69, 9.17) is 14.5 Å². The smallest absolute Gasteiger partial charge is 0.248 e. The average molecular weight is 427 g/mol. The number of nitrogens with zero attached hydrogens (tertiary/aromatic N) is 6. The Morgan fingerprint density at radius 2 is 2.10 bits per heavy atom. The standard InChI is InChI=1S/C21H26N6O2S/c1-25(13-17-6-4-3-5-7-17)10-8-18(12-19-14-28-16-29-19)26(2)21-23-20(24-30-21)27-11-9-22-15-27/h3-7,9,11,14-15,18H,8,10,12-13,16H2,1-2H3. The van der Waals surface area contributed by atoms with Gasteiger partial charge in [0.05, 0.1) is 0 Å². The highest BCUT2D eigenvalue weighted by Gasteiger charge is 2.23. The predicted octanol–water partition coefficient (Wildman–Crippen LogP) is 3.29. The molecule has 1 unspecified atom stereocenters. The lowest BCUT2D eigenvalue weighted by molar-refractivity contribution is 0.0766. The van der Waals surface area contributed by atoms with Gasteiger partial charge in [0.2, 0.25) is 17.9 Å². The molecule has 0 bridgehead atoms. The zero-order chi connectivity index (χ0) is 20.8. The Bertz CT molecular complexity index is 944. The summed E-state index contributed by atoms with van der Waals surface area (Å²) in [5.41, 5.74) is 1.31. The monoisotopic (exact) mass is 426 g/mol. The fraction of sp³-hybridized carbons (Fsp3) is 0.381. The van der Waals surface area contributed by atoms with E-state index in [1.165, 1.54) is 17.1 Å². The van der Waals surface area contributed by atoms with Crippen molar-refractivity contribution in [3.8, 4) is 5.95 Å². The second-order valence-corrected chi connectivity index (χ2v) is 8.07. The summed E-state index contributed by atoms with van der Waals surface area (Å²) in [5, 5.41) is 0.869. The van der Waals surface area contributed by atoms with Crippen LogP contribution in [-0.2, 0) is 16.0 Å². The number of benzene rings is 1. The van der Waals surface area contributed by atoms with Gasteiger partial charge in [-0.2, -0.15) is 9.36 Å². The van der Waals surface area contributed by atoms with Crippen LogP contribution in [0.25, 0.3) is 5.95 Å². The van der Waals surface area contributed by atoms with E-state index in [1.807, 2.05) is 16.8 Å². The second kappa shape index (κ2) is 9.73. The number of hydrogen-bond donors (Lipinski definition) is 0. The van der Waals surface area contributed by atoms with E-state index in [0.717, 1.165) is 36.8 Å². The lowest BCUT2D eigenvalue weighted by Gasteiger charge is -2.29. The third-order valence-corrected chi connectivity index (χ3v) is 5.89. The highest BCUT2D eigenvalue weighted by molar-refractivity contribution is 7.09. The SMILES string of the molecule is CN(CCC(CC1=COCO1)N(C)c1nc(-n2ccnc2)ns1)Cc1ccccc1. The Hall–Kier alpha value is -2.91. The van der Waals surface area contributed by atoms with Crippen LogP contribution in [0.3, 0.4) is 0 Å². The first-order valence-corrected chi connectivity index (χ1v) is 10.7. The summed E-state index contributed by atoms with van der Waals surface area (Å²) < 4.78 is 17.1. The summed E-state index contributed by atoms with van der Waals surface area (Å²) in [6.45, 7) is 2.16. The van der Waals surface area contributed by atoms with Crippen molar-refractivity contribution in [3.63, 3.8) is 0 Å². The predicted molar refractivity (Wildman–Crippen MR) is 116 cm³/mol. The molecule has 30 heavy (non-hydrogen) atoms. The van der Waals surface area contributed by atoms with E-state index in [1.54, 1.807) is 18.8 Å². The van der Waals surface area contributed by atoms with Gasteiger partial charge in [0.1, 0.15) is 18.3 Å². The first kappa shape index (κ1) is 20.4. The Morgan fingerprint density at radius 1 is 1.23 bits per heavy atom. The van der Waals surface area contributed by atoms with Crippen molar-refractivity contribution >= 4 is 16.7 Å². The first-order chi connectivity index (χ1) is 14.7. The van der Waals surface area contributed by atoms with Gasteiger partial charge in [-0.3, -0.25) is 4.57 Å². The lowest BCUT2D eigenvalue weighted by Crippen LogP contribution is -2.35. The minimum Gasteiger partial charge on any atom is -0.462 e. The zero-order valence-corrected chi connectivity index (χ0v) is 18.0. The topological polar surface area (TPSA) is 68.5 Å². The number of aromatic nitrogens is 4. The Labute approximate surface area is 180 Å². The van der Waals surface area contributed by atoms with Crippen LogP contribution in [0.4, 0.5) is 5.13 Å². The summed E-state index contributed by atoms with van der Waals surface area (Å²) in [4.78, 5) is 13.3. The summed E-state index contributed by atoms with van der Waals surface area (Å²) in [7, 11) is 4.22. The molecule has 1 atom stereocenters. The number of imidazole rings is 1. The molecule has 4 rings (SSSR count). The molecule has 3 aromatic rings. The van der Waals surface area contributed by atoms with Crippen molar-refractivity contribution < 1.29 is 9.47 Å². The van der Waals surface area contributed by atoms with Crippen LogP contribution in [0.2, 0.25) is 0 Å². The molecule has 8 nitrogen and oxygen atoms in total. The zero-order valence-electron chi connectivity index (χ0n) is 17.2. The van der Waals surface area contributed by atoms with Crippen molar-refractivity contribution in [3.05, 3.63) is 66.6 Å². The Morgan fingerprint density at radius 3 is 2.83 bits per heavy atom. The minimum absolute atomic E-state index is 0.208. The molecule has 0 amide bonds. The van der Waals surface area contributed by atoms with E-state index in [-0.39, 0.29) is 6.04 Å². The van der Waals surface area contributed by atoms with Crippen LogP contribution in [0.5, 0.6) is 0 Å². The Kier molecular flexibility index (Phi) is 6.60. The van der Waals surface area contributed by atoms with Gasteiger partial charge in [0, 0.05) is 56.5 Å². The van der Waals surface area contributed by atoms with E-state index < -0.39 is 0 Å². The quantitative estimate of drug-likeness (QED) is 0.493. The van der Waals surface area contributed by atoms with Crippen molar-refractivity contribution in [2.45, 2.75) is 25.4 Å². The summed E-state index contributed by atoms with van der Waals surface area (Å²) in [6.07, 6.45) is 8.70. The van der Waals surface area contributed by atoms with Crippen molar-refractivity contribution in [2.75, 3.05) is 32.3 Å². The third kappa shape index (κ3) is 5.17. The van der Waals surface area contributed by atoms with Gasteiger partial charge in [0.15, 0.2) is 0 Å². The number of anilines is 1. The fourth-order valence-corrected chi connectivity index (χ4v) is 4.07. The first-order valence-electron chi connectivity index (χ1n) is 9.90. The minimum atomic E-state index is 0.208. The van der Waals surface area contributed by atoms with E-state index in [9.17, 15) is 0 Å². The molecule has 0 saturated carbocycles. The van der Waals surface area contributed by atoms with Crippen LogP contribution >= 0.6 is 11.5 Å². The van der Waals surface area contributed by atoms with E-state index in [0.29, 0.717) is 12.7 Å². The van der Waals surface area contributed by atoms with Gasteiger partial charge in [-0.1, -0.05) is 30.3 Å². The summed E-state index contributed by atoms with van der Waals surface area (Å²) in [5.74, 6) is 1.51. The van der Waals surface area contributed by atoms with E-state index in [2.05, 4.69) is 57.5 Å². The lowest BCUT2D eigenvalue weighted by atomic mass is 10.1. The molecule has 3 heterocycles. The maximum Gasteiger partial charge on any atom is 0.248 e. The van der Waals surface area contributed by atoms with Crippen molar-refractivity contribution in [1.29, 1.82) is 0 Å². The second-order valence-electron chi connectivity index (χ2n) is 7.34. The molecule has 0 saturated heterocycles. The fourth-order valence-electron chi connectivity index (χ4n) is 3.38. The van der Waals surface area contributed by atoms with Crippen LogP contribution < -0.4 is 4.90 Å². The molecule has 1 aliphatic heterocycles. The maximum atomic E-state index is 5.59. The van der Waals surface area contributed by atoms with E-state index >= 15 is 0 Å². The van der Waals surface area contributed by atoms with Crippen LogP contribution in [-0.4, -0.2) is 57.3 Å². The van der Waals surface area contributed by atoms with Crippen molar-refractivity contribution in [2.24, 2.45) is 0 Å². The van der Waals surface area contributed by atoms with Crippen molar-refractivity contribution in [1.82, 2.24) is 23.8 Å². The molecule has 158 valence electrons. The molecule has 0 N–H and O–H groups in total. The molecule has 1 aromatic carbocycles. The largest absolute Gasteiger partial charge is 0.462 e. The van der Waals surface area contributed by atoms with Gasteiger partial charge in [-0.05, 0) is 19.0 Å². The number of hydrogen-bond acceptors (Lipinski definition) is 8. The molecular formula is C21H26N6O2S. The normalized spacial score (nSPS) is 14.3. The maximum absolute atomic E-state index is 5.59. The molecule has 1 aliphatic rings. The van der Waals surface area contributed by atoms with Crippen LogP contribution in [0, 0.1) is 0 Å².